The second-order valence-corrected chi connectivity index (χ2v) is 4.93. The lowest BCUT2D eigenvalue weighted by molar-refractivity contribution is 0.622. The fraction of sp³-hybridized carbons (Fsp3) is 0.111. The smallest absolute Gasteiger partial charge is 0.141 e. The topological polar surface area (TPSA) is 62.5 Å². The Morgan fingerprint density at radius 2 is 1.71 bits per heavy atom. The van der Waals surface area contributed by atoms with Crippen LogP contribution in [-0.2, 0) is 0 Å². The van der Waals surface area contributed by atoms with Gasteiger partial charge in [-0.05, 0) is 36.4 Å². The molecular weight excluding hydrogens is 327 g/mol. The van der Waals surface area contributed by atoms with Crippen LogP contribution in [0.4, 0.5) is 4.39 Å². The SMILES string of the molecule is CC.N#Cc1cc(Cl)cc(-c2cc(-c3ccc(F)cn3)ncn2)c1. The van der Waals surface area contributed by atoms with Gasteiger partial charge in [-0.25, -0.2) is 14.4 Å². The van der Waals surface area contributed by atoms with Crippen LogP contribution in [-0.4, -0.2) is 15.0 Å². The van der Waals surface area contributed by atoms with Crippen molar-refractivity contribution in [3.8, 4) is 28.7 Å². The molecule has 0 spiro atoms. The van der Waals surface area contributed by atoms with E-state index in [0.717, 1.165) is 6.20 Å². The van der Waals surface area contributed by atoms with E-state index in [2.05, 4.69) is 15.0 Å². The van der Waals surface area contributed by atoms with Gasteiger partial charge in [0.2, 0.25) is 0 Å². The van der Waals surface area contributed by atoms with Gasteiger partial charge in [0.25, 0.3) is 0 Å². The van der Waals surface area contributed by atoms with Crippen molar-refractivity contribution in [1.82, 2.24) is 15.0 Å². The van der Waals surface area contributed by atoms with Crippen molar-refractivity contribution in [2.24, 2.45) is 0 Å². The molecule has 0 atom stereocenters. The van der Waals surface area contributed by atoms with Gasteiger partial charge >= 0.3 is 0 Å². The lowest BCUT2D eigenvalue weighted by Crippen LogP contribution is -1.92. The van der Waals surface area contributed by atoms with Crippen LogP contribution in [0.25, 0.3) is 22.6 Å². The predicted molar refractivity (Wildman–Crippen MR) is 91.7 cm³/mol. The second-order valence-electron chi connectivity index (χ2n) is 4.49. The van der Waals surface area contributed by atoms with Crippen LogP contribution in [0.2, 0.25) is 5.02 Å². The van der Waals surface area contributed by atoms with E-state index in [-0.39, 0.29) is 0 Å². The largest absolute Gasteiger partial charge is 0.252 e. The molecule has 0 N–H and O–H groups in total. The van der Waals surface area contributed by atoms with Crippen molar-refractivity contribution in [2.75, 3.05) is 0 Å². The van der Waals surface area contributed by atoms with Crippen LogP contribution in [0, 0.1) is 17.1 Å². The lowest BCUT2D eigenvalue weighted by atomic mass is 10.1. The molecule has 3 rings (SSSR count). The lowest BCUT2D eigenvalue weighted by Gasteiger charge is -2.05. The molecule has 2 heterocycles. The van der Waals surface area contributed by atoms with Gasteiger partial charge in [0, 0.05) is 10.6 Å². The van der Waals surface area contributed by atoms with Gasteiger partial charge < -0.3 is 0 Å². The van der Waals surface area contributed by atoms with Gasteiger partial charge in [-0.2, -0.15) is 5.26 Å². The first-order chi connectivity index (χ1) is 11.7. The summed E-state index contributed by atoms with van der Waals surface area (Å²) in [5.41, 5.74) is 2.85. The highest BCUT2D eigenvalue weighted by molar-refractivity contribution is 6.31. The summed E-state index contributed by atoms with van der Waals surface area (Å²) in [6.45, 7) is 4.00. The van der Waals surface area contributed by atoms with Crippen molar-refractivity contribution in [3.05, 3.63) is 65.3 Å². The highest BCUT2D eigenvalue weighted by Crippen LogP contribution is 2.25. The molecule has 0 saturated carbocycles. The first-order valence-corrected chi connectivity index (χ1v) is 7.68. The van der Waals surface area contributed by atoms with Crippen LogP contribution in [0.5, 0.6) is 0 Å². The quantitative estimate of drug-likeness (QED) is 0.666. The standard InChI is InChI=1S/C16H8ClFN4.C2H6/c17-12-4-10(7-19)3-11(5-12)15-6-16(22-9-21-15)14-2-1-13(18)8-20-14;1-2/h1-6,8-9H;1-2H3. The normalized spacial score (nSPS) is 9.62. The maximum Gasteiger partial charge on any atom is 0.141 e. The number of nitriles is 1. The highest BCUT2D eigenvalue weighted by atomic mass is 35.5. The molecule has 0 bridgehead atoms. The molecule has 0 amide bonds. The van der Waals surface area contributed by atoms with Gasteiger partial charge in [0.1, 0.15) is 12.1 Å². The number of hydrogen-bond donors (Lipinski definition) is 0. The molecule has 120 valence electrons. The Labute approximate surface area is 144 Å². The number of hydrogen-bond acceptors (Lipinski definition) is 4. The van der Waals surface area contributed by atoms with Crippen molar-refractivity contribution in [1.29, 1.82) is 5.26 Å². The minimum atomic E-state index is -0.411. The first-order valence-electron chi connectivity index (χ1n) is 7.31. The molecule has 0 saturated heterocycles. The van der Waals surface area contributed by atoms with Crippen molar-refractivity contribution in [3.63, 3.8) is 0 Å². The number of nitrogens with zero attached hydrogens (tertiary/aromatic N) is 4. The van der Waals surface area contributed by atoms with Gasteiger partial charge in [-0.15, -0.1) is 0 Å². The van der Waals surface area contributed by atoms with Crippen LogP contribution in [0.3, 0.4) is 0 Å². The number of aromatic nitrogens is 3. The van der Waals surface area contributed by atoms with E-state index in [1.165, 1.54) is 12.4 Å². The molecule has 24 heavy (non-hydrogen) atoms. The summed E-state index contributed by atoms with van der Waals surface area (Å²) in [6.07, 6.45) is 2.52. The zero-order valence-corrected chi connectivity index (χ0v) is 13.9. The number of pyridine rings is 1. The molecule has 0 aliphatic carbocycles. The average Bonchev–Trinajstić information content (AvgIpc) is 2.63. The maximum absolute atomic E-state index is 12.9. The van der Waals surface area contributed by atoms with E-state index in [0.29, 0.717) is 33.2 Å². The Morgan fingerprint density at radius 3 is 2.38 bits per heavy atom. The van der Waals surface area contributed by atoms with E-state index < -0.39 is 5.82 Å². The Kier molecular flexibility index (Phi) is 5.94. The summed E-state index contributed by atoms with van der Waals surface area (Å²) < 4.78 is 12.9. The van der Waals surface area contributed by atoms with Crippen LogP contribution in [0.1, 0.15) is 19.4 Å². The Hall–Kier alpha value is -2.84. The number of benzene rings is 1. The summed E-state index contributed by atoms with van der Waals surface area (Å²) >= 11 is 6.00. The maximum atomic E-state index is 12.9. The first kappa shape index (κ1) is 17.5. The zero-order chi connectivity index (χ0) is 17.5. The van der Waals surface area contributed by atoms with Gasteiger partial charge in [-0.1, -0.05) is 25.4 Å². The summed E-state index contributed by atoms with van der Waals surface area (Å²) in [5.74, 6) is -0.411. The monoisotopic (exact) mass is 340 g/mol. The van der Waals surface area contributed by atoms with Crippen LogP contribution < -0.4 is 0 Å². The highest BCUT2D eigenvalue weighted by Gasteiger charge is 2.07. The molecule has 0 radical (unpaired) electrons. The summed E-state index contributed by atoms with van der Waals surface area (Å²) in [6, 6.07) is 11.6. The minimum Gasteiger partial charge on any atom is -0.252 e. The van der Waals surface area contributed by atoms with E-state index in [4.69, 9.17) is 16.9 Å². The molecular formula is C18H14ClFN4. The molecule has 3 aromatic rings. The van der Waals surface area contributed by atoms with Gasteiger partial charge in [-0.3, -0.25) is 4.98 Å². The Morgan fingerprint density at radius 1 is 0.958 bits per heavy atom. The zero-order valence-electron chi connectivity index (χ0n) is 13.2. The number of rotatable bonds is 2. The van der Waals surface area contributed by atoms with E-state index in [1.807, 2.05) is 19.9 Å². The van der Waals surface area contributed by atoms with E-state index in [1.54, 1.807) is 30.3 Å². The molecule has 2 aromatic heterocycles. The molecule has 0 aliphatic heterocycles. The Bertz CT molecular complexity index is 873. The average molecular weight is 341 g/mol. The van der Waals surface area contributed by atoms with Crippen molar-refractivity contribution in [2.45, 2.75) is 13.8 Å². The third-order valence-electron chi connectivity index (χ3n) is 2.98. The van der Waals surface area contributed by atoms with Gasteiger partial charge in [0.05, 0.1) is 34.9 Å². The fourth-order valence-electron chi connectivity index (χ4n) is 1.98. The molecule has 0 aliphatic rings. The summed E-state index contributed by atoms with van der Waals surface area (Å²) in [4.78, 5) is 12.3. The summed E-state index contributed by atoms with van der Waals surface area (Å²) in [5, 5.41) is 9.46. The molecule has 4 nitrogen and oxygen atoms in total. The number of halogens is 2. The second kappa shape index (κ2) is 8.14. The van der Waals surface area contributed by atoms with Crippen molar-refractivity contribution < 1.29 is 4.39 Å². The van der Waals surface area contributed by atoms with E-state index >= 15 is 0 Å². The minimum absolute atomic E-state index is 0.411. The molecule has 1 aromatic carbocycles. The summed E-state index contributed by atoms with van der Waals surface area (Å²) in [7, 11) is 0. The third kappa shape index (κ3) is 4.12. The Balaban J connectivity index is 0.00000100. The molecule has 0 fully saturated rings. The van der Waals surface area contributed by atoms with E-state index in [9.17, 15) is 4.39 Å². The third-order valence-corrected chi connectivity index (χ3v) is 3.20. The molecule has 6 heteroatoms. The fourth-order valence-corrected chi connectivity index (χ4v) is 2.22. The van der Waals surface area contributed by atoms with Crippen LogP contribution in [0.15, 0.2) is 48.9 Å². The molecule has 0 unspecified atom stereocenters. The predicted octanol–water partition coefficient (Wildman–Crippen LogP) is 4.90. The van der Waals surface area contributed by atoms with Crippen LogP contribution >= 0.6 is 11.6 Å². The van der Waals surface area contributed by atoms with Crippen molar-refractivity contribution >= 4 is 11.6 Å². The van der Waals surface area contributed by atoms with Gasteiger partial charge in [0.15, 0.2) is 0 Å².